The Morgan fingerprint density at radius 2 is 2.33 bits per heavy atom. The van der Waals surface area contributed by atoms with Crippen LogP contribution in [0.5, 0.6) is 0 Å². The molecule has 0 aliphatic carbocycles. The monoisotopic (exact) mass is 228 g/mol. The minimum absolute atomic E-state index is 0.163. The Kier molecular flexibility index (Phi) is 4.05. The third-order valence-corrected chi connectivity index (χ3v) is 3.31. The lowest BCUT2D eigenvalue weighted by atomic mass is 10.2. The summed E-state index contributed by atoms with van der Waals surface area (Å²) < 4.78 is 0. The number of nitrogens with one attached hydrogen (secondary N) is 1. The molecule has 0 radical (unpaired) electrons. The van der Waals surface area contributed by atoms with Crippen LogP contribution in [0.1, 0.15) is 28.5 Å². The van der Waals surface area contributed by atoms with Crippen molar-refractivity contribution in [3.8, 4) is 0 Å². The zero-order chi connectivity index (χ0) is 11.4. The van der Waals surface area contributed by atoms with E-state index in [2.05, 4.69) is 15.5 Å². The summed E-state index contributed by atoms with van der Waals surface area (Å²) in [7, 11) is 0. The van der Waals surface area contributed by atoms with Crippen molar-refractivity contribution in [1.82, 2.24) is 10.3 Å². The summed E-state index contributed by atoms with van der Waals surface area (Å²) in [5.74, 6) is 0.181. The molecule has 0 amide bonds. The number of thiazole rings is 1. The van der Waals surface area contributed by atoms with Gasteiger partial charge in [0.2, 0.25) is 0 Å². The second-order valence-electron chi connectivity index (χ2n) is 3.38. The van der Waals surface area contributed by atoms with E-state index in [1.165, 1.54) is 4.88 Å². The van der Waals surface area contributed by atoms with E-state index >= 15 is 0 Å². The van der Waals surface area contributed by atoms with E-state index < -0.39 is 0 Å². The van der Waals surface area contributed by atoms with E-state index in [0.717, 1.165) is 10.7 Å². The molecule has 0 bridgehead atoms. The zero-order valence-electron chi connectivity index (χ0n) is 9.11. The summed E-state index contributed by atoms with van der Waals surface area (Å²) in [6, 6.07) is 0.163. The predicted octanol–water partition coefficient (Wildman–Crippen LogP) is 1.16. The molecule has 1 rings (SSSR count). The lowest BCUT2D eigenvalue weighted by molar-refractivity contribution is 0.316. The Hall–Kier alpha value is -1.14. The number of aromatic nitrogens is 1. The number of aryl methyl sites for hydroxylation is 2. The lowest BCUT2D eigenvalue weighted by Crippen LogP contribution is -2.30. The highest BCUT2D eigenvalue weighted by Gasteiger charge is 2.12. The first-order valence-corrected chi connectivity index (χ1v) is 5.50. The van der Waals surface area contributed by atoms with Crippen molar-refractivity contribution >= 4 is 17.2 Å². The van der Waals surface area contributed by atoms with Crippen LogP contribution in [0.2, 0.25) is 0 Å². The van der Waals surface area contributed by atoms with Gasteiger partial charge in [0.1, 0.15) is 0 Å². The highest BCUT2D eigenvalue weighted by atomic mass is 32.1. The summed E-state index contributed by atoms with van der Waals surface area (Å²) in [5.41, 5.74) is 6.41. The van der Waals surface area contributed by atoms with Gasteiger partial charge in [0.05, 0.1) is 17.2 Å². The van der Waals surface area contributed by atoms with Gasteiger partial charge >= 0.3 is 0 Å². The molecular formula is C9H16N4OS. The van der Waals surface area contributed by atoms with E-state index in [-0.39, 0.29) is 11.9 Å². The summed E-state index contributed by atoms with van der Waals surface area (Å²) >= 11 is 1.66. The molecule has 0 spiro atoms. The van der Waals surface area contributed by atoms with Crippen LogP contribution in [-0.2, 0) is 0 Å². The zero-order valence-corrected chi connectivity index (χ0v) is 9.93. The standard InChI is InChI=1S/C9H16N4OS/c1-5(11-4-8(10)13-14)9-6(2)12-7(3)15-9/h5,11,14H,4H2,1-3H3,(H2,10,13). The smallest absolute Gasteiger partial charge is 0.153 e. The highest BCUT2D eigenvalue weighted by molar-refractivity contribution is 7.11. The third-order valence-electron chi connectivity index (χ3n) is 2.05. The van der Waals surface area contributed by atoms with Gasteiger partial charge in [-0.05, 0) is 20.8 Å². The average molecular weight is 228 g/mol. The third kappa shape index (κ3) is 3.17. The van der Waals surface area contributed by atoms with Crippen LogP contribution >= 0.6 is 11.3 Å². The molecule has 1 aromatic heterocycles. The van der Waals surface area contributed by atoms with Gasteiger partial charge in [-0.25, -0.2) is 4.98 Å². The number of rotatable bonds is 4. The number of hydrogen-bond acceptors (Lipinski definition) is 5. The van der Waals surface area contributed by atoms with Gasteiger partial charge in [-0.15, -0.1) is 11.3 Å². The quantitative estimate of drug-likeness (QED) is 0.312. The molecule has 1 heterocycles. The van der Waals surface area contributed by atoms with Crippen molar-refractivity contribution < 1.29 is 5.21 Å². The summed E-state index contributed by atoms with van der Waals surface area (Å²) in [4.78, 5) is 5.54. The summed E-state index contributed by atoms with van der Waals surface area (Å²) in [6.45, 7) is 6.37. The maximum atomic E-state index is 8.39. The van der Waals surface area contributed by atoms with E-state index in [9.17, 15) is 0 Å². The molecule has 0 saturated carbocycles. The molecule has 1 aromatic rings. The number of nitrogens with zero attached hydrogens (tertiary/aromatic N) is 2. The van der Waals surface area contributed by atoms with E-state index in [1.54, 1.807) is 11.3 Å². The van der Waals surface area contributed by atoms with E-state index in [1.807, 2.05) is 20.8 Å². The van der Waals surface area contributed by atoms with Gasteiger partial charge in [0.15, 0.2) is 5.84 Å². The molecule has 84 valence electrons. The van der Waals surface area contributed by atoms with Gasteiger partial charge in [0, 0.05) is 10.9 Å². The molecule has 4 N–H and O–H groups in total. The Labute approximate surface area is 93.0 Å². The largest absolute Gasteiger partial charge is 0.409 e. The van der Waals surface area contributed by atoms with Crippen LogP contribution in [0.4, 0.5) is 0 Å². The van der Waals surface area contributed by atoms with Crippen molar-refractivity contribution in [3.63, 3.8) is 0 Å². The van der Waals surface area contributed by atoms with Gasteiger partial charge < -0.3 is 16.3 Å². The molecule has 0 fully saturated rings. The number of oxime groups is 1. The van der Waals surface area contributed by atoms with Crippen LogP contribution in [0.15, 0.2) is 5.16 Å². The molecular weight excluding hydrogens is 212 g/mol. The van der Waals surface area contributed by atoms with Crippen molar-refractivity contribution in [2.24, 2.45) is 10.9 Å². The number of nitrogens with two attached hydrogens (primary N) is 1. The van der Waals surface area contributed by atoms with Crippen molar-refractivity contribution in [3.05, 3.63) is 15.6 Å². The van der Waals surface area contributed by atoms with Gasteiger partial charge in [-0.2, -0.15) is 0 Å². The van der Waals surface area contributed by atoms with Gasteiger partial charge in [-0.1, -0.05) is 5.16 Å². The Morgan fingerprint density at radius 3 is 2.80 bits per heavy atom. The average Bonchev–Trinajstić information content (AvgIpc) is 2.53. The van der Waals surface area contributed by atoms with Crippen molar-refractivity contribution in [2.75, 3.05) is 6.54 Å². The summed E-state index contributed by atoms with van der Waals surface area (Å²) in [6.07, 6.45) is 0. The predicted molar refractivity (Wildman–Crippen MR) is 61.4 cm³/mol. The van der Waals surface area contributed by atoms with E-state index in [4.69, 9.17) is 10.9 Å². The fourth-order valence-corrected chi connectivity index (χ4v) is 2.29. The molecule has 0 aliphatic rings. The minimum atomic E-state index is 0.163. The molecule has 15 heavy (non-hydrogen) atoms. The molecule has 1 atom stereocenters. The maximum absolute atomic E-state index is 8.39. The fraction of sp³-hybridized carbons (Fsp3) is 0.556. The topological polar surface area (TPSA) is 83.5 Å². The molecule has 0 saturated heterocycles. The Bertz CT molecular complexity index is 361. The highest BCUT2D eigenvalue weighted by Crippen LogP contribution is 2.23. The first kappa shape index (κ1) is 11.9. The fourth-order valence-electron chi connectivity index (χ4n) is 1.33. The van der Waals surface area contributed by atoms with E-state index in [0.29, 0.717) is 6.54 Å². The lowest BCUT2D eigenvalue weighted by Gasteiger charge is -2.11. The second-order valence-corrected chi connectivity index (χ2v) is 4.61. The first-order valence-electron chi connectivity index (χ1n) is 4.68. The van der Waals surface area contributed by atoms with Crippen LogP contribution in [-0.4, -0.2) is 22.6 Å². The second kappa shape index (κ2) is 5.09. The minimum Gasteiger partial charge on any atom is -0.409 e. The summed E-state index contributed by atoms with van der Waals surface area (Å²) in [5, 5.41) is 15.5. The van der Waals surface area contributed by atoms with Crippen LogP contribution in [0, 0.1) is 13.8 Å². The SMILES string of the molecule is Cc1nc(C)c(C(C)NCC(N)=NO)s1. The first-order chi connectivity index (χ1) is 7.04. The molecule has 6 heteroatoms. The molecule has 0 aromatic carbocycles. The van der Waals surface area contributed by atoms with Crippen LogP contribution < -0.4 is 11.1 Å². The Balaban J connectivity index is 2.61. The normalized spacial score (nSPS) is 14.2. The molecule has 1 unspecified atom stereocenters. The van der Waals surface area contributed by atoms with Crippen molar-refractivity contribution in [1.29, 1.82) is 0 Å². The maximum Gasteiger partial charge on any atom is 0.153 e. The molecule has 0 aliphatic heterocycles. The molecule has 5 nitrogen and oxygen atoms in total. The number of amidine groups is 1. The van der Waals surface area contributed by atoms with Gasteiger partial charge in [0.25, 0.3) is 0 Å². The number of hydrogen-bond donors (Lipinski definition) is 3. The van der Waals surface area contributed by atoms with Gasteiger partial charge in [-0.3, -0.25) is 0 Å². The van der Waals surface area contributed by atoms with Crippen molar-refractivity contribution in [2.45, 2.75) is 26.8 Å². The van der Waals surface area contributed by atoms with Crippen LogP contribution in [0.3, 0.4) is 0 Å². The Morgan fingerprint density at radius 1 is 1.67 bits per heavy atom. The van der Waals surface area contributed by atoms with Crippen LogP contribution in [0.25, 0.3) is 0 Å².